The summed E-state index contributed by atoms with van der Waals surface area (Å²) >= 11 is 0. The van der Waals surface area contributed by atoms with E-state index < -0.39 is 5.54 Å². The molecule has 1 amide bonds. The standard InChI is InChI=1S/C20H18FN3O2/c21-14-9-7-13(8-10-14)20(11-3-4-12-20)22-19(26)17-15-5-1-2-6-16(15)18(25)24-23-17/h1-2,5-10H,3-4,11-12H2,(H,22,26)(H,24,25). The fourth-order valence-electron chi connectivity index (χ4n) is 3.80. The van der Waals surface area contributed by atoms with Crippen molar-refractivity contribution in [3.8, 4) is 0 Å². The highest BCUT2D eigenvalue weighted by Gasteiger charge is 2.37. The number of hydrogen-bond acceptors (Lipinski definition) is 3. The smallest absolute Gasteiger partial charge is 0.273 e. The predicted molar refractivity (Wildman–Crippen MR) is 96.4 cm³/mol. The molecule has 0 aliphatic heterocycles. The zero-order valence-corrected chi connectivity index (χ0v) is 14.1. The number of rotatable bonds is 3. The summed E-state index contributed by atoms with van der Waals surface area (Å²) in [5.74, 6) is -0.648. The van der Waals surface area contributed by atoms with Crippen molar-refractivity contribution in [2.45, 2.75) is 31.2 Å². The van der Waals surface area contributed by atoms with Crippen molar-refractivity contribution in [3.63, 3.8) is 0 Å². The number of aromatic amines is 1. The van der Waals surface area contributed by atoms with Crippen LogP contribution in [0, 0.1) is 5.82 Å². The van der Waals surface area contributed by atoms with Crippen molar-refractivity contribution in [1.82, 2.24) is 15.5 Å². The first-order valence-electron chi connectivity index (χ1n) is 8.65. The summed E-state index contributed by atoms with van der Waals surface area (Å²) in [6, 6.07) is 13.2. The Bertz CT molecular complexity index is 1020. The van der Waals surface area contributed by atoms with Crippen LogP contribution in [0.5, 0.6) is 0 Å². The number of hydrogen-bond donors (Lipinski definition) is 2. The molecule has 1 aromatic heterocycles. The maximum Gasteiger partial charge on any atom is 0.273 e. The van der Waals surface area contributed by atoms with E-state index >= 15 is 0 Å². The second kappa shape index (κ2) is 6.37. The van der Waals surface area contributed by atoms with Gasteiger partial charge in [0.25, 0.3) is 11.5 Å². The maximum absolute atomic E-state index is 13.3. The highest BCUT2D eigenvalue weighted by molar-refractivity contribution is 6.05. The second-order valence-electron chi connectivity index (χ2n) is 6.70. The monoisotopic (exact) mass is 351 g/mol. The number of fused-ring (bicyclic) bond motifs is 1. The van der Waals surface area contributed by atoms with Gasteiger partial charge in [-0.25, -0.2) is 9.49 Å². The minimum atomic E-state index is -0.538. The van der Waals surface area contributed by atoms with Crippen LogP contribution in [-0.4, -0.2) is 16.1 Å². The third-order valence-corrected chi connectivity index (χ3v) is 5.12. The fourth-order valence-corrected chi connectivity index (χ4v) is 3.80. The number of amides is 1. The molecule has 4 rings (SSSR count). The first-order valence-corrected chi connectivity index (χ1v) is 8.65. The number of halogens is 1. The van der Waals surface area contributed by atoms with Crippen LogP contribution in [0.25, 0.3) is 10.8 Å². The number of aromatic nitrogens is 2. The van der Waals surface area contributed by atoms with Crippen molar-refractivity contribution >= 4 is 16.7 Å². The topological polar surface area (TPSA) is 74.8 Å². The van der Waals surface area contributed by atoms with Crippen molar-refractivity contribution in [1.29, 1.82) is 0 Å². The summed E-state index contributed by atoms with van der Waals surface area (Å²) in [6.45, 7) is 0. The third-order valence-electron chi connectivity index (χ3n) is 5.12. The van der Waals surface area contributed by atoms with Crippen LogP contribution in [0.15, 0.2) is 53.3 Å². The van der Waals surface area contributed by atoms with Gasteiger partial charge in [0.1, 0.15) is 5.82 Å². The molecule has 1 heterocycles. The lowest BCUT2D eigenvalue weighted by Crippen LogP contribution is -2.44. The van der Waals surface area contributed by atoms with E-state index in [2.05, 4.69) is 15.5 Å². The summed E-state index contributed by atoms with van der Waals surface area (Å²) in [7, 11) is 0. The maximum atomic E-state index is 13.3. The van der Waals surface area contributed by atoms with Gasteiger partial charge in [-0.1, -0.05) is 43.2 Å². The lowest BCUT2D eigenvalue weighted by molar-refractivity contribution is 0.0894. The molecule has 0 bridgehead atoms. The van der Waals surface area contributed by atoms with Gasteiger partial charge in [-0.3, -0.25) is 9.59 Å². The number of nitrogens with zero attached hydrogens (tertiary/aromatic N) is 1. The summed E-state index contributed by atoms with van der Waals surface area (Å²) in [4.78, 5) is 24.9. The molecule has 6 heteroatoms. The van der Waals surface area contributed by atoms with Crippen molar-refractivity contribution < 1.29 is 9.18 Å². The quantitative estimate of drug-likeness (QED) is 0.760. The summed E-state index contributed by atoms with van der Waals surface area (Å²) in [5, 5.41) is 10.4. The van der Waals surface area contributed by atoms with Crippen LogP contribution < -0.4 is 10.9 Å². The van der Waals surface area contributed by atoms with Crippen LogP contribution in [-0.2, 0) is 5.54 Å². The Morgan fingerprint density at radius 1 is 1.04 bits per heavy atom. The average molecular weight is 351 g/mol. The van der Waals surface area contributed by atoms with E-state index in [1.54, 1.807) is 36.4 Å². The van der Waals surface area contributed by atoms with Gasteiger partial charge >= 0.3 is 0 Å². The molecule has 1 saturated carbocycles. The van der Waals surface area contributed by atoms with Crippen molar-refractivity contribution in [3.05, 3.63) is 76.0 Å². The van der Waals surface area contributed by atoms with E-state index in [1.165, 1.54) is 12.1 Å². The van der Waals surface area contributed by atoms with Crippen LogP contribution >= 0.6 is 0 Å². The summed E-state index contributed by atoms with van der Waals surface area (Å²) in [6.07, 6.45) is 3.53. The molecule has 5 nitrogen and oxygen atoms in total. The van der Waals surface area contributed by atoms with Gasteiger partial charge in [0.15, 0.2) is 5.69 Å². The Labute approximate surface area is 149 Å². The van der Waals surface area contributed by atoms with E-state index in [-0.39, 0.29) is 23.0 Å². The molecule has 0 atom stereocenters. The second-order valence-corrected chi connectivity index (χ2v) is 6.70. The molecular weight excluding hydrogens is 333 g/mol. The van der Waals surface area contributed by atoms with Crippen LogP contribution in [0.2, 0.25) is 0 Å². The van der Waals surface area contributed by atoms with E-state index in [0.717, 1.165) is 31.2 Å². The molecule has 0 unspecified atom stereocenters. The van der Waals surface area contributed by atoms with Crippen LogP contribution in [0.3, 0.4) is 0 Å². The molecule has 0 spiro atoms. The first kappa shape index (κ1) is 16.4. The molecule has 2 aromatic carbocycles. The van der Waals surface area contributed by atoms with E-state index in [4.69, 9.17) is 0 Å². The Morgan fingerprint density at radius 3 is 2.38 bits per heavy atom. The molecular formula is C20H18FN3O2. The Kier molecular flexibility index (Phi) is 4.03. The Balaban J connectivity index is 1.74. The van der Waals surface area contributed by atoms with E-state index in [1.807, 2.05) is 0 Å². The largest absolute Gasteiger partial charge is 0.341 e. The molecule has 3 aromatic rings. The van der Waals surface area contributed by atoms with Gasteiger partial charge in [0.2, 0.25) is 0 Å². The summed E-state index contributed by atoms with van der Waals surface area (Å²) < 4.78 is 13.3. The van der Waals surface area contributed by atoms with Gasteiger partial charge < -0.3 is 5.32 Å². The fraction of sp³-hybridized carbons (Fsp3) is 0.250. The average Bonchev–Trinajstić information content (AvgIpc) is 3.12. The zero-order valence-electron chi connectivity index (χ0n) is 14.1. The SMILES string of the molecule is O=C(NC1(c2ccc(F)cc2)CCCC1)c1n[nH]c(=O)c2ccccc12. The molecule has 1 aliphatic rings. The minimum absolute atomic E-state index is 0.189. The number of carbonyl (C=O) groups is 1. The third kappa shape index (κ3) is 2.77. The van der Waals surface area contributed by atoms with Crippen molar-refractivity contribution in [2.75, 3.05) is 0 Å². The van der Waals surface area contributed by atoms with Gasteiger partial charge in [0, 0.05) is 5.39 Å². The lowest BCUT2D eigenvalue weighted by atomic mass is 9.88. The highest BCUT2D eigenvalue weighted by Crippen LogP contribution is 2.39. The number of carbonyl (C=O) groups excluding carboxylic acids is 1. The van der Waals surface area contributed by atoms with Crippen molar-refractivity contribution in [2.24, 2.45) is 0 Å². The normalized spacial score (nSPS) is 15.9. The van der Waals surface area contributed by atoms with Gasteiger partial charge in [0.05, 0.1) is 10.9 Å². The van der Waals surface area contributed by atoms with Gasteiger partial charge in [-0.15, -0.1) is 0 Å². The molecule has 1 fully saturated rings. The number of nitrogens with one attached hydrogen (secondary N) is 2. The van der Waals surface area contributed by atoms with Crippen LogP contribution in [0.1, 0.15) is 41.7 Å². The molecule has 2 N–H and O–H groups in total. The minimum Gasteiger partial charge on any atom is -0.341 e. The molecule has 26 heavy (non-hydrogen) atoms. The van der Waals surface area contributed by atoms with Gasteiger partial charge in [-0.2, -0.15) is 5.10 Å². The Morgan fingerprint density at radius 2 is 1.69 bits per heavy atom. The number of H-pyrrole nitrogens is 1. The molecule has 0 saturated heterocycles. The molecule has 1 aliphatic carbocycles. The van der Waals surface area contributed by atoms with Gasteiger partial charge in [-0.05, 0) is 36.6 Å². The first-order chi connectivity index (χ1) is 12.6. The molecule has 132 valence electrons. The van der Waals surface area contributed by atoms with Crippen LogP contribution in [0.4, 0.5) is 4.39 Å². The highest BCUT2D eigenvalue weighted by atomic mass is 19.1. The summed E-state index contributed by atoms with van der Waals surface area (Å²) in [5.41, 5.74) is 0.210. The predicted octanol–water partition coefficient (Wildman–Crippen LogP) is 3.26. The lowest BCUT2D eigenvalue weighted by Gasteiger charge is -2.31. The van der Waals surface area contributed by atoms with E-state index in [9.17, 15) is 14.0 Å². The number of benzene rings is 2. The Hall–Kier alpha value is -3.02. The zero-order chi connectivity index (χ0) is 18.1. The molecule has 0 radical (unpaired) electrons. The van der Waals surface area contributed by atoms with E-state index in [0.29, 0.717) is 10.8 Å².